The Labute approximate surface area is 270 Å². The van der Waals surface area contributed by atoms with Crippen molar-refractivity contribution in [1.29, 1.82) is 0 Å². The maximum atomic E-state index is 13.2. The second-order valence-corrected chi connectivity index (χ2v) is 14.3. The lowest BCUT2D eigenvalue weighted by Crippen LogP contribution is -2.50. The van der Waals surface area contributed by atoms with Gasteiger partial charge in [-0.3, -0.25) is 14.6 Å². The lowest BCUT2D eigenvalue weighted by atomic mass is 9.89. The fraction of sp³-hybridized carbons (Fsp3) is 0.438. The van der Waals surface area contributed by atoms with Crippen molar-refractivity contribution in [2.45, 2.75) is 70.3 Å². The number of carbonyl (C=O) groups excluding carboxylic acids is 3. The second kappa shape index (κ2) is 13.6. The van der Waals surface area contributed by atoms with Crippen molar-refractivity contribution in [2.24, 2.45) is 4.99 Å². The van der Waals surface area contributed by atoms with E-state index in [1.165, 1.54) is 22.5 Å². The number of aliphatic imine (C=N–C) groups is 1. The molecule has 15 heteroatoms. The third-order valence-electron chi connectivity index (χ3n) is 7.75. The number of aliphatic hydroxyl groups is 1. The molecule has 0 radical (unpaired) electrons. The summed E-state index contributed by atoms with van der Waals surface area (Å²) in [6, 6.07) is 8.31. The van der Waals surface area contributed by atoms with Crippen LogP contribution in [0.4, 0.5) is 18.0 Å². The number of ketones is 1. The number of amidine groups is 1. The largest absolute Gasteiger partial charge is 0.444 e. The molecule has 4 rings (SSSR count). The molecule has 1 spiro atoms. The number of alkyl carbamates (subject to hydrolysis) is 1. The molecule has 2 aromatic rings. The maximum absolute atomic E-state index is 13.2. The Hall–Kier alpha value is -4.08. The van der Waals surface area contributed by atoms with E-state index in [1.54, 1.807) is 45.9 Å². The van der Waals surface area contributed by atoms with E-state index in [-0.39, 0.29) is 43.8 Å². The van der Waals surface area contributed by atoms with Crippen LogP contribution in [-0.4, -0.2) is 78.3 Å². The molecule has 2 heterocycles. The van der Waals surface area contributed by atoms with E-state index in [2.05, 4.69) is 15.6 Å². The van der Waals surface area contributed by atoms with Crippen LogP contribution >= 0.6 is 0 Å². The van der Waals surface area contributed by atoms with Crippen LogP contribution in [0.1, 0.15) is 61.4 Å². The summed E-state index contributed by atoms with van der Waals surface area (Å²) < 4.78 is 72.2. The van der Waals surface area contributed by atoms with Crippen molar-refractivity contribution in [2.75, 3.05) is 19.7 Å². The maximum Gasteiger partial charge on any atom is 0.416 e. The van der Waals surface area contributed by atoms with Crippen LogP contribution in [-0.2, 0) is 36.9 Å². The monoisotopic (exact) mass is 678 g/mol. The predicted molar refractivity (Wildman–Crippen MR) is 168 cm³/mol. The highest BCUT2D eigenvalue weighted by atomic mass is 32.2. The standard InChI is InChI=1S/C32H37F3N4O7S/c1-20-16-21(17-26(41)25(19-40)36-29(43)46-30(2,3)4)8-9-22(20)10-15-47(44,45)39-13-11-31(12-14-39)28(42)37-27(38-31)23-6-5-7-24(18-23)32(33,34)35/h5-10,15-16,18,25,40H,11-14,17,19H2,1-4H3,(H,36,43)(H,37,38,42)/b15-10+/t25-/m0/s1. The number of Topliss-reactive ketones (excluding diaryl/α,β-unsaturated/α-hetero) is 1. The van der Waals surface area contributed by atoms with E-state index in [0.717, 1.165) is 17.5 Å². The molecule has 47 heavy (non-hydrogen) atoms. The van der Waals surface area contributed by atoms with Gasteiger partial charge in [0.2, 0.25) is 10.0 Å². The number of rotatable bonds is 9. The summed E-state index contributed by atoms with van der Waals surface area (Å²) in [7, 11) is -3.90. The van der Waals surface area contributed by atoms with Crippen molar-refractivity contribution in [1.82, 2.24) is 14.9 Å². The highest BCUT2D eigenvalue weighted by Crippen LogP contribution is 2.34. The zero-order valence-electron chi connectivity index (χ0n) is 26.3. The smallest absolute Gasteiger partial charge is 0.416 e. The number of piperidine rings is 1. The number of hydrogen-bond donors (Lipinski definition) is 3. The summed E-state index contributed by atoms with van der Waals surface area (Å²) in [6.45, 7) is 6.09. The SMILES string of the molecule is Cc1cc(CC(=O)[C@H](CO)NC(=O)OC(C)(C)C)ccc1/C=C/S(=O)(=O)N1CCC2(CC1)N=C(c1cccc(C(F)(F)F)c1)NC2=O. The number of benzene rings is 2. The van der Waals surface area contributed by atoms with E-state index < -0.39 is 63.3 Å². The third-order valence-corrected chi connectivity index (χ3v) is 9.31. The van der Waals surface area contributed by atoms with Crippen LogP contribution in [0.25, 0.3) is 6.08 Å². The van der Waals surface area contributed by atoms with Gasteiger partial charge in [0.25, 0.3) is 5.91 Å². The predicted octanol–water partition coefficient (Wildman–Crippen LogP) is 3.72. The summed E-state index contributed by atoms with van der Waals surface area (Å²) in [5.41, 5.74) is -0.963. The fourth-order valence-electron chi connectivity index (χ4n) is 5.23. The van der Waals surface area contributed by atoms with Crippen LogP contribution < -0.4 is 10.6 Å². The first-order chi connectivity index (χ1) is 21.8. The molecule has 2 aromatic carbocycles. The number of ether oxygens (including phenoxy) is 1. The van der Waals surface area contributed by atoms with E-state index in [1.807, 2.05) is 0 Å². The Morgan fingerprint density at radius 3 is 2.43 bits per heavy atom. The van der Waals surface area contributed by atoms with Gasteiger partial charge in [-0.15, -0.1) is 0 Å². The Morgan fingerprint density at radius 2 is 1.83 bits per heavy atom. The zero-order valence-corrected chi connectivity index (χ0v) is 27.2. The van der Waals surface area contributed by atoms with Crippen LogP contribution in [0.15, 0.2) is 52.9 Å². The topological polar surface area (TPSA) is 154 Å². The fourth-order valence-corrected chi connectivity index (χ4v) is 6.41. The van der Waals surface area contributed by atoms with Crippen LogP contribution in [0.3, 0.4) is 0 Å². The third kappa shape index (κ3) is 8.84. The van der Waals surface area contributed by atoms with Crippen molar-refractivity contribution in [3.63, 3.8) is 0 Å². The number of sulfonamides is 1. The molecule has 0 aliphatic carbocycles. The molecular weight excluding hydrogens is 641 g/mol. The van der Waals surface area contributed by atoms with Gasteiger partial charge in [-0.2, -0.15) is 17.5 Å². The first-order valence-corrected chi connectivity index (χ1v) is 16.3. The normalized spacial score (nSPS) is 17.8. The van der Waals surface area contributed by atoms with Gasteiger partial charge >= 0.3 is 12.3 Å². The summed E-state index contributed by atoms with van der Waals surface area (Å²) in [5, 5.41) is 15.6. The quantitative estimate of drug-likeness (QED) is 0.365. The molecule has 2 aliphatic heterocycles. The van der Waals surface area contributed by atoms with E-state index >= 15 is 0 Å². The zero-order chi connectivity index (χ0) is 34.8. The average molecular weight is 679 g/mol. The number of carbonyl (C=O) groups is 3. The van der Waals surface area contributed by atoms with Gasteiger partial charge in [0.05, 0.1) is 12.2 Å². The number of halogens is 3. The molecule has 3 N–H and O–H groups in total. The van der Waals surface area contributed by atoms with Crippen molar-refractivity contribution < 1.29 is 45.8 Å². The Kier molecular flexibility index (Phi) is 10.3. The van der Waals surface area contributed by atoms with Gasteiger partial charge in [-0.05, 0) is 75.4 Å². The van der Waals surface area contributed by atoms with Gasteiger partial charge in [0.1, 0.15) is 23.0 Å². The lowest BCUT2D eigenvalue weighted by Gasteiger charge is -2.34. The van der Waals surface area contributed by atoms with E-state index in [4.69, 9.17) is 4.74 Å². The summed E-state index contributed by atoms with van der Waals surface area (Å²) in [5.74, 6) is -0.907. The molecular formula is C32H37F3N4O7S. The number of alkyl halides is 3. The molecule has 2 amide bonds. The number of nitrogens with one attached hydrogen (secondary N) is 2. The van der Waals surface area contributed by atoms with Crippen LogP contribution in [0.5, 0.6) is 0 Å². The second-order valence-electron chi connectivity index (χ2n) is 12.5. The summed E-state index contributed by atoms with van der Waals surface area (Å²) >= 11 is 0. The molecule has 0 bridgehead atoms. The minimum Gasteiger partial charge on any atom is -0.444 e. The average Bonchev–Trinajstić information content (AvgIpc) is 3.29. The summed E-state index contributed by atoms with van der Waals surface area (Å²) in [4.78, 5) is 42.1. The Bertz CT molecular complexity index is 1710. The molecule has 0 unspecified atom stereocenters. The molecule has 2 aliphatic rings. The first kappa shape index (κ1) is 35.8. The van der Waals surface area contributed by atoms with E-state index in [9.17, 15) is 41.1 Å². The molecule has 0 aromatic heterocycles. The van der Waals surface area contributed by atoms with Gasteiger partial charge < -0.3 is 20.5 Å². The van der Waals surface area contributed by atoms with Crippen molar-refractivity contribution >= 4 is 39.7 Å². The van der Waals surface area contributed by atoms with Gasteiger partial charge in [0.15, 0.2) is 5.78 Å². The molecule has 11 nitrogen and oxygen atoms in total. The van der Waals surface area contributed by atoms with E-state index in [0.29, 0.717) is 16.7 Å². The van der Waals surface area contributed by atoms with Gasteiger partial charge in [0, 0.05) is 30.5 Å². The molecule has 1 saturated heterocycles. The molecule has 254 valence electrons. The lowest BCUT2D eigenvalue weighted by molar-refractivity contribution is -0.137. The highest BCUT2D eigenvalue weighted by molar-refractivity contribution is 7.92. The number of aliphatic hydroxyl groups excluding tert-OH is 1. The van der Waals surface area contributed by atoms with Gasteiger partial charge in [-0.25, -0.2) is 13.2 Å². The molecule has 1 atom stereocenters. The number of aryl methyl sites for hydroxylation is 1. The van der Waals surface area contributed by atoms with Crippen molar-refractivity contribution in [3.8, 4) is 0 Å². The molecule has 0 saturated carbocycles. The number of amides is 2. The van der Waals surface area contributed by atoms with Crippen LogP contribution in [0.2, 0.25) is 0 Å². The van der Waals surface area contributed by atoms with Gasteiger partial charge in [-0.1, -0.05) is 30.3 Å². The minimum atomic E-state index is -4.56. The number of hydrogen-bond acceptors (Lipinski definition) is 8. The number of nitrogens with zero attached hydrogens (tertiary/aromatic N) is 2. The summed E-state index contributed by atoms with van der Waals surface area (Å²) in [6.07, 6.45) is -3.96. The van der Waals surface area contributed by atoms with Crippen molar-refractivity contribution in [3.05, 3.63) is 75.7 Å². The van der Waals surface area contributed by atoms with Crippen LogP contribution in [0, 0.1) is 6.92 Å². The Balaban J connectivity index is 1.38. The highest BCUT2D eigenvalue weighted by Gasteiger charge is 2.47. The molecule has 1 fully saturated rings. The Morgan fingerprint density at radius 1 is 1.15 bits per heavy atom. The minimum absolute atomic E-state index is 0.0177. The first-order valence-electron chi connectivity index (χ1n) is 14.8.